The van der Waals surface area contributed by atoms with Crippen LogP contribution in [-0.2, 0) is 11.3 Å². The lowest BCUT2D eigenvalue weighted by Gasteiger charge is -2.29. The summed E-state index contributed by atoms with van der Waals surface area (Å²) in [4.78, 5) is 11.4. The lowest BCUT2D eigenvalue weighted by atomic mass is 10.1. The molecule has 3 rings (SSSR count). The van der Waals surface area contributed by atoms with Gasteiger partial charge in [-0.1, -0.05) is 0 Å². The van der Waals surface area contributed by atoms with Gasteiger partial charge in [0.1, 0.15) is 6.10 Å². The van der Waals surface area contributed by atoms with Crippen molar-refractivity contribution in [3.05, 3.63) is 23.3 Å². The van der Waals surface area contributed by atoms with E-state index in [1.807, 2.05) is 6.20 Å². The highest BCUT2D eigenvalue weighted by molar-refractivity contribution is 5.25. The molecule has 2 aliphatic rings. The maximum atomic E-state index is 5.77. The van der Waals surface area contributed by atoms with Gasteiger partial charge in [-0.2, -0.15) is 0 Å². The van der Waals surface area contributed by atoms with E-state index in [-0.39, 0.29) is 6.10 Å². The summed E-state index contributed by atoms with van der Waals surface area (Å²) in [6.07, 6.45) is 4.35. The Morgan fingerprint density at radius 3 is 3.00 bits per heavy atom. The Balaban J connectivity index is 1.85. The van der Waals surface area contributed by atoms with Crippen LogP contribution in [0.25, 0.3) is 0 Å². The molecule has 5 nitrogen and oxygen atoms in total. The standard InChI is InChI=1S/C13H20N4O/c1-17-4-5-18-11(8-17)13-15-7-10(6-14)12(16-13)9-2-3-9/h7,9,11H,2-6,8,14H2,1H3. The van der Waals surface area contributed by atoms with Gasteiger partial charge in [0, 0.05) is 37.3 Å². The van der Waals surface area contributed by atoms with Crippen LogP contribution in [0.3, 0.4) is 0 Å². The number of likely N-dealkylation sites (N-methyl/N-ethyl adjacent to an activating group) is 1. The lowest BCUT2D eigenvalue weighted by Crippen LogP contribution is -2.36. The van der Waals surface area contributed by atoms with E-state index in [2.05, 4.69) is 16.9 Å². The van der Waals surface area contributed by atoms with E-state index in [9.17, 15) is 0 Å². The number of hydrogen-bond donors (Lipinski definition) is 1. The van der Waals surface area contributed by atoms with Crippen molar-refractivity contribution in [1.29, 1.82) is 0 Å². The van der Waals surface area contributed by atoms with Crippen molar-refractivity contribution < 1.29 is 4.74 Å². The van der Waals surface area contributed by atoms with Gasteiger partial charge in [0.25, 0.3) is 0 Å². The van der Waals surface area contributed by atoms with Crippen LogP contribution in [0.2, 0.25) is 0 Å². The molecule has 2 fully saturated rings. The van der Waals surface area contributed by atoms with Gasteiger partial charge in [0.05, 0.1) is 12.3 Å². The van der Waals surface area contributed by atoms with Crippen LogP contribution in [0.4, 0.5) is 0 Å². The summed E-state index contributed by atoms with van der Waals surface area (Å²) < 4.78 is 5.77. The van der Waals surface area contributed by atoms with Crippen molar-refractivity contribution in [2.45, 2.75) is 31.4 Å². The van der Waals surface area contributed by atoms with Gasteiger partial charge < -0.3 is 15.4 Å². The molecule has 1 aliphatic heterocycles. The molecular formula is C13H20N4O. The molecule has 0 amide bonds. The Kier molecular flexibility index (Phi) is 3.28. The first-order chi connectivity index (χ1) is 8.78. The zero-order valence-electron chi connectivity index (χ0n) is 10.8. The maximum absolute atomic E-state index is 5.77. The van der Waals surface area contributed by atoms with E-state index in [4.69, 9.17) is 15.5 Å². The molecule has 18 heavy (non-hydrogen) atoms. The topological polar surface area (TPSA) is 64.3 Å². The molecule has 0 bridgehead atoms. The highest BCUT2D eigenvalue weighted by Gasteiger charge is 2.30. The number of morpholine rings is 1. The second-order valence-corrected chi connectivity index (χ2v) is 5.24. The summed E-state index contributed by atoms with van der Waals surface area (Å²) in [5, 5.41) is 0. The fourth-order valence-electron chi connectivity index (χ4n) is 2.39. The Morgan fingerprint density at radius 2 is 2.33 bits per heavy atom. The molecule has 1 aromatic rings. The molecule has 1 aromatic heterocycles. The van der Waals surface area contributed by atoms with E-state index in [1.54, 1.807) is 0 Å². The van der Waals surface area contributed by atoms with Gasteiger partial charge in [0.2, 0.25) is 0 Å². The van der Waals surface area contributed by atoms with Gasteiger partial charge in [-0.25, -0.2) is 9.97 Å². The van der Waals surface area contributed by atoms with Crippen LogP contribution in [0, 0.1) is 0 Å². The predicted molar refractivity (Wildman–Crippen MR) is 68.1 cm³/mol. The van der Waals surface area contributed by atoms with Crippen LogP contribution in [-0.4, -0.2) is 41.6 Å². The Bertz CT molecular complexity index is 433. The van der Waals surface area contributed by atoms with Crippen molar-refractivity contribution in [1.82, 2.24) is 14.9 Å². The Hall–Kier alpha value is -1.04. The molecule has 1 saturated carbocycles. The van der Waals surface area contributed by atoms with Crippen LogP contribution < -0.4 is 5.73 Å². The molecule has 1 saturated heterocycles. The summed E-state index contributed by atoms with van der Waals surface area (Å²) >= 11 is 0. The minimum Gasteiger partial charge on any atom is -0.368 e. The lowest BCUT2D eigenvalue weighted by molar-refractivity contribution is -0.0256. The molecule has 98 valence electrons. The molecule has 1 atom stereocenters. The second kappa shape index (κ2) is 4.91. The fourth-order valence-corrected chi connectivity index (χ4v) is 2.39. The first-order valence-electron chi connectivity index (χ1n) is 6.64. The average Bonchev–Trinajstić information content (AvgIpc) is 3.22. The molecular weight excluding hydrogens is 228 g/mol. The summed E-state index contributed by atoms with van der Waals surface area (Å²) in [5.74, 6) is 1.42. The van der Waals surface area contributed by atoms with Crippen molar-refractivity contribution in [2.24, 2.45) is 5.73 Å². The summed E-state index contributed by atoms with van der Waals surface area (Å²) in [6.45, 7) is 3.12. The van der Waals surface area contributed by atoms with Crippen molar-refractivity contribution in [3.8, 4) is 0 Å². The molecule has 0 aromatic carbocycles. The minimum absolute atomic E-state index is 0.00748. The van der Waals surface area contributed by atoms with E-state index in [0.717, 1.165) is 36.8 Å². The smallest absolute Gasteiger partial charge is 0.158 e. The number of nitrogens with two attached hydrogens (primary N) is 1. The van der Waals surface area contributed by atoms with E-state index >= 15 is 0 Å². The van der Waals surface area contributed by atoms with Crippen LogP contribution >= 0.6 is 0 Å². The van der Waals surface area contributed by atoms with Gasteiger partial charge in [-0.15, -0.1) is 0 Å². The van der Waals surface area contributed by atoms with Gasteiger partial charge in [0.15, 0.2) is 5.82 Å². The predicted octanol–water partition coefficient (Wildman–Crippen LogP) is 0.816. The zero-order chi connectivity index (χ0) is 12.5. The van der Waals surface area contributed by atoms with Crippen molar-refractivity contribution >= 4 is 0 Å². The molecule has 5 heteroatoms. The van der Waals surface area contributed by atoms with Gasteiger partial charge in [-0.05, 0) is 19.9 Å². The summed E-state index contributed by atoms with van der Waals surface area (Å²) in [6, 6.07) is 0. The van der Waals surface area contributed by atoms with Crippen LogP contribution in [0.15, 0.2) is 6.20 Å². The molecule has 0 radical (unpaired) electrons. The third-order valence-corrected chi connectivity index (χ3v) is 3.66. The maximum Gasteiger partial charge on any atom is 0.158 e. The SMILES string of the molecule is CN1CCOC(c2ncc(CN)c(C3CC3)n2)C1. The molecule has 2 heterocycles. The number of nitrogens with zero attached hydrogens (tertiary/aromatic N) is 3. The number of rotatable bonds is 3. The number of aromatic nitrogens is 2. The Morgan fingerprint density at radius 1 is 1.50 bits per heavy atom. The van der Waals surface area contributed by atoms with E-state index < -0.39 is 0 Å². The minimum atomic E-state index is 0.00748. The third kappa shape index (κ3) is 2.39. The molecule has 2 N–H and O–H groups in total. The highest BCUT2D eigenvalue weighted by Crippen LogP contribution is 2.40. The molecule has 1 unspecified atom stereocenters. The first-order valence-corrected chi connectivity index (χ1v) is 6.64. The van der Waals surface area contributed by atoms with Gasteiger partial charge >= 0.3 is 0 Å². The van der Waals surface area contributed by atoms with Crippen molar-refractivity contribution in [2.75, 3.05) is 26.7 Å². The second-order valence-electron chi connectivity index (χ2n) is 5.24. The summed E-state index contributed by atoms with van der Waals surface area (Å²) in [5.41, 5.74) is 7.99. The average molecular weight is 248 g/mol. The van der Waals surface area contributed by atoms with Crippen molar-refractivity contribution in [3.63, 3.8) is 0 Å². The monoisotopic (exact) mass is 248 g/mol. The Labute approximate surface area is 107 Å². The van der Waals surface area contributed by atoms with Crippen LogP contribution in [0.5, 0.6) is 0 Å². The fraction of sp³-hybridized carbons (Fsp3) is 0.692. The highest BCUT2D eigenvalue weighted by atomic mass is 16.5. The number of hydrogen-bond acceptors (Lipinski definition) is 5. The zero-order valence-corrected chi connectivity index (χ0v) is 10.8. The van der Waals surface area contributed by atoms with E-state index in [1.165, 1.54) is 12.8 Å². The molecule has 0 spiro atoms. The summed E-state index contributed by atoms with van der Waals surface area (Å²) in [7, 11) is 2.10. The normalized spacial score (nSPS) is 25.3. The largest absolute Gasteiger partial charge is 0.368 e. The van der Waals surface area contributed by atoms with Crippen LogP contribution in [0.1, 0.15) is 41.9 Å². The quantitative estimate of drug-likeness (QED) is 0.858. The van der Waals surface area contributed by atoms with E-state index in [0.29, 0.717) is 12.5 Å². The molecule has 1 aliphatic carbocycles. The third-order valence-electron chi connectivity index (χ3n) is 3.66. The first kappa shape index (κ1) is 12.0. The number of ether oxygens (including phenoxy) is 1. The van der Waals surface area contributed by atoms with Gasteiger partial charge in [-0.3, -0.25) is 0 Å².